The zero-order valence-electron chi connectivity index (χ0n) is 5.72. The maximum absolute atomic E-state index is 10.5. The molecule has 5 heteroatoms. The SMILES string of the molecule is CO[Si](C)([O-])OC.[Na+]. The second-order valence-electron chi connectivity index (χ2n) is 1.27. The minimum atomic E-state index is -2.90. The molecule has 0 atom stereocenters. The number of hydrogen-bond acceptors (Lipinski definition) is 3. The average Bonchev–Trinajstić information content (AvgIpc) is 1.68. The Morgan fingerprint density at radius 2 is 1.50 bits per heavy atom. The third kappa shape index (κ3) is 5.24. The Morgan fingerprint density at radius 3 is 1.50 bits per heavy atom. The molecule has 0 aromatic rings. The molecule has 0 bridgehead atoms. The summed E-state index contributed by atoms with van der Waals surface area (Å²) in [7, 11) is -0.174. The van der Waals surface area contributed by atoms with E-state index in [2.05, 4.69) is 8.85 Å². The predicted octanol–water partition coefficient (Wildman–Crippen LogP) is -3.79. The molecule has 44 valence electrons. The molecule has 0 rings (SSSR count). The third-order valence-corrected chi connectivity index (χ3v) is 2.22. The van der Waals surface area contributed by atoms with Crippen molar-refractivity contribution in [1.29, 1.82) is 0 Å². The molecular formula is C3H9NaO3Si. The first-order valence-corrected chi connectivity index (χ1v) is 4.15. The Bertz CT molecular complexity index is 52.5. The van der Waals surface area contributed by atoms with Crippen LogP contribution in [0.1, 0.15) is 0 Å². The van der Waals surface area contributed by atoms with Crippen molar-refractivity contribution in [1.82, 2.24) is 0 Å². The zero-order chi connectivity index (χ0) is 5.91. The van der Waals surface area contributed by atoms with Crippen LogP contribution in [0.5, 0.6) is 0 Å². The van der Waals surface area contributed by atoms with Crippen molar-refractivity contribution < 1.29 is 43.2 Å². The molecule has 3 nitrogen and oxygen atoms in total. The van der Waals surface area contributed by atoms with Gasteiger partial charge in [0.1, 0.15) is 0 Å². The summed E-state index contributed by atoms with van der Waals surface area (Å²) in [6.07, 6.45) is 0. The molecular weight excluding hydrogens is 135 g/mol. The molecule has 0 N–H and O–H groups in total. The van der Waals surface area contributed by atoms with E-state index in [9.17, 15) is 4.80 Å². The molecule has 0 aromatic heterocycles. The maximum atomic E-state index is 10.5. The summed E-state index contributed by atoms with van der Waals surface area (Å²) < 4.78 is 8.90. The summed E-state index contributed by atoms with van der Waals surface area (Å²) in [5.41, 5.74) is 0. The Balaban J connectivity index is 0. The quantitative estimate of drug-likeness (QED) is 0.373. The minimum Gasteiger partial charge on any atom is -0.817 e. The van der Waals surface area contributed by atoms with Crippen LogP contribution in [0.25, 0.3) is 0 Å². The van der Waals surface area contributed by atoms with E-state index in [4.69, 9.17) is 0 Å². The van der Waals surface area contributed by atoms with Gasteiger partial charge in [0, 0.05) is 14.2 Å². The topological polar surface area (TPSA) is 41.5 Å². The first-order chi connectivity index (χ1) is 3.12. The first-order valence-electron chi connectivity index (χ1n) is 1.93. The predicted molar refractivity (Wildman–Crippen MR) is 25.6 cm³/mol. The van der Waals surface area contributed by atoms with Gasteiger partial charge in [0.2, 0.25) is 8.80 Å². The summed E-state index contributed by atoms with van der Waals surface area (Å²) in [5, 5.41) is 0. The van der Waals surface area contributed by atoms with Crippen LogP contribution in [0.2, 0.25) is 6.55 Å². The van der Waals surface area contributed by atoms with Gasteiger partial charge in [-0.25, -0.2) is 0 Å². The van der Waals surface area contributed by atoms with Crippen LogP contribution in [0.3, 0.4) is 0 Å². The summed E-state index contributed by atoms with van der Waals surface area (Å²) in [4.78, 5) is 10.5. The van der Waals surface area contributed by atoms with Gasteiger partial charge in [-0.2, -0.15) is 0 Å². The fourth-order valence-electron chi connectivity index (χ4n) is 0.0833. The summed E-state index contributed by atoms with van der Waals surface area (Å²) in [5.74, 6) is 0. The fraction of sp³-hybridized carbons (Fsp3) is 1.00. The molecule has 0 amide bonds. The first kappa shape index (κ1) is 11.8. The summed E-state index contributed by atoms with van der Waals surface area (Å²) in [6, 6.07) is 0. The minimum absolute atomic E-state index is 0. The Hall–Kier alpha value is 1.10. The van der Waals surface area contributed by atoms with E-state index < -0.39 is 8.80 Å². The molecule has 0 radical (unpaired) electrons. The molecule has 0 unspecified atom stereocenters. The van der Waals surface area contributed by atoms with Crippen LogP contribution >= 0.6 is 0 Å². The average molecular weight is 144 g/mol. The Labute approximate surface area is 72.7 Å². The van der Waals surface area contributed by atoms with Gasteiger partial charge in [0.15, 0.2) is 0 Å². The van der Waals surface area contributed by atoms with Crippen molar-refractivity contribution >= 4 is 8.80 Å². The van der Waals surface area contributed by atoms with Gasteiger partial charge in [-0.1, -0.05) is 0 Å². The van der Waals surface area contributed by atoms with E-state index in [-0.39, 0.29) is 29.6 Å². The van der Waals surface area contributed by atoms with Crippen molar-refractivity contribution in [3.8, 4) is 0 Å². The molecule has 0 saturated heterocycles. The van der Waals surface area contributed by atoms with Crippen molar-refractivity contribution in [2.24, 2.45) is 0 Å². The van der Waals surface area contributed by atoms with Gasteiger partial charge in [0.25, 0.3) is 0 Å². The second kappa shape index (κ2) is 4.93. The molecule has 0 spiro atoms. The van der Waals surface area contributed by atoms with E-state index in [1.165, 1.54) is 20.8 Å². The van der Waals surface area contributed by atoms with Crippen molar-refractivity contribution in [2.45, 2.75) is 6.55 Å². The third-order valence-electron chi connectivity index (χ3n) is 0.742. The monoisotopic (exact) mass is 144 g/mol. The number of rotatable bonds is 2. The second-order valence-corrected chi connectivity index (χ2v) is 3.81. The smallest absolute Gasteiger partial charge is 0.817 e. The van der Waals surface area contributed by atoms with Crippen LogP contribution in [0.4, 0.5) is 0 Å². The molecule has 0 aliphatic rings. The van der Waals surface area contributed by atoms with E-state index in [1.54, 1.807) is 0 Å². The van der Waals surface area contributed by atoms with Gasteiger partial charge in [-0.3, -0.25) is 0 Å². The van der Waals surface area contributed by atoms with Crippen molar-refractivity contribution in [2.75, 3.05) is 14.2 Å². The largest absolute Gasteiger partial charge is 1.00 e. The van der Waals surface area contributed by atoms with Gasteiger partial charge >= 0.3 is 29.6 Å². The van der Waals surface area contributed by atoms with Crippen LogP contribution in [0, 0.1) is 0 Å². The summed E-state index contributed by atoms with van der Waals surface area (Å²) >= 11 is 0. The van der Waals surface area contributed by atoms with Crippen LogP contribution in [0.15, 0.2) is 0 Å². The van der Waals surface area contributed by atoms with E-state index >= 15 is 0 Å². The van der Waals surface area contributed by atoms with Crippen LogP contribution in [-0.2, 0) is 8.85 Å². The van der Waals surface area contributed by atoms with Gasteiger partial charge < -0.3 is 13.6 Å². The zero-order valence-corrected chi connectivity index (χ0v) is 8.72. The molecule has 0 saturated carbocycles. The van der Waals surface area contributed by atoms with Gasteiger partial charge in [-0.05, 0) is 6.55 Å². The molecule has 0 aromatic carbocycles. The van der Waals surface area contributed by atoms with E-state index in [1.807, 2.05) is 0 Å². The normalized spacial score (nSPS) is 10.5. The maximum Gasteiger partial charge on any atom is 1.00 e. The van der Waals surface area contributed by atoms with Crippen molar-refractivity contribution in [3.05, 3.63) is 0 Å². The summed E-state index contributed by atoms with van der Waals surface area (Å²) in [6.45, 7) is 1.44. The number of hydrogen-bond donors (Lipinski definition) is 0. The standard InChI is InChI=1S/C3H9O3Si.Na/c1-5-7(3,4)6-2;/h1-3H3;/q-1;+1. The molecule has 0 heterocycles. The van der Waals surface area contributed by atoms with Crippen molar-refractivity contribution in [3.63, 3.8) is 0 Å². The fourth-order valence-corrected chi connectivity index (χ4v) is 0.250. The van der Waals surface area contributed by atoms with E-state index in [0.717, 1.165) is 0 Å². The molecule has 0 fully saturated rings. The van der Waals surface area contributed by atoms with Crippen LogP contribution in [-0.4, -0.2) is 23.0 Å². The Morgan fingerprint density at radius 1 is 1.25 bits per heavy atom. The van der Waals surface area contributed by atoms with E-state index in [0.29, 0.717) is 0 Å². The molecule has 8 heavy (non-hydrogen) atoms. The molecule has 0 aliphatic heterocycles. The Kier molecular flexibility index (Phi) is 7.29. The van der Waals surface area contributed by atoms with Gasteiger partial charge in [0.05, 0.1) is 0 Å². The molecule has 0 aliphatic carbocycles. The van der Waals surface area contributed by atoms with Crippen LogP contribution < -0.4 is 34.4 Å². The van der Waals surface area contributed by atoms with Gasteiger partial charge in [-0.15, -0.1) is 0 Å².